The summed E-state index contributed by atoms with van der Waals surface area (Å²) in [6.07, 6.45) is 1.79. The molecule has 3 aromatic heterocycles. The summed E-state index contributed by atoms with van der Waals surface area (Å²) >= 11 is 1.34. The fourth-order valence-electron chi connectivity index (χ4n) is 4.46. The number of anilines is 1. The number of fused-ring (bicyclic) bond motifs is 2. The van der Waals surface area contributed by atoms with Crippen LogP contribution in [0, 0.1) is 0 Å². The molecule has 0 unspecified atom stereocenters. The van der Waals surface area contributed by atoms with Crippen LogP contribution in [0.3, 0.4) is 0 Å². The Morgan fingerprint density at radius 3 is 2.61 bits per heavy atom. The zero-order valence-electron chi connectivity index (χ0n) is 22.8. The van der Waals surface area contributed by atoms with Crippen LogP contribution in [0.15, 0.2) is 77.3 Å². The molecule has 0 fully saturated rings. The van der Waals surface area contributed by atoms with Crippen molar-refractivity contribution < 1.29 is 28.2 Å². The smallest absolute Gasteiger partial charge is 0.294 e. The van der Waals surface area contributed by atoms with Crippen LogP contribution < -0.4 is 23.8 Å². The monoisotopic (exact) mass is 570 g/mol. The molecular formula is C30H26N4O6S. The lowest BCUT2D eigenvalue weighted by Gasteiger charge is -2.19. The van der Waals surface area contributed by atoms with Gasteiger partial charge in [-0.15, -0.1) is 5.10 Å². The third kappa shape index (κ3) is 5.03. The van der Waals surface area contributed by atoms with Crippen LogP contribution in [0.2, 0.25) is 0 Å². The predicted octanol–water partition coefficient (Wildman–Crippen LogP) is 6.09. The van der Waals surface area contributed by atoms with Crippen LogP contribution in [0.1, 0.15) is 15.9 Å². The molecule has 6 rings (SSSR count). The topological polar surface area (TPSA) is 101 Å². The Morgan fingerprint density at radius 2 is 1.83 bits per heavy atom. The molecule has 3 heterocycles. The van der Waals surface area contributed by atoms with Gasteiger partial charge in [0, 0.05) is 24.9 Å². The largest absolute Gasteiger partial charge is 0.496 e. The maximum atomic E-state index is 13.2. The third-order valence-electron chi connectivity index (χ3n) is 6.59. The number of imidazole rings is 1. The van der Waals surface area contributed by atoms with Crippen LogP contribution in [0.25, 0.3) is 27.4 Å². The Morgan fingerprint density at radius 1 is 0.976 bits per heavy atom. The molecule has 0 radical (unpaired) electrons. The van der Waals surface area contributed by atoms with E-state index in [2.05, 4.69) is 10.1 Å². The number of rotatable bonds is 9. The van der Waals surface area contributed by atoms with E-state index in [-0.39, 0.29) is 12.5 Å². The first-order chi connectivity index (χ1) is 20.0. The molecule has 0 atom stereocenters. The molecule has 10 nitrogen and oxygen atoms in total. The first kappa shape index (κ1) is 26.2. The van der Waals surface area contributed by atoms with Crippen molar-refractivity contribution in [2.75, 3.05) is 33.3 Å². The summed E-state index contributed by atoms with van der Waals surface area (Å²) in [5.74, 6) is 2.12. The quantitative estimate of drug-likeness (QED) is 0.206. The second kappa shape index (κ2) is 10.9. The second-order valence-corrected chi connectivity index (χ2v) is 10.0. The first-order valence-corrected chi connectivity index (χ1v) is 13.4. The minimum atomic E-state index is -0.172. The van der Waals surface area contributed by atoms with Crippen molar-refractivity contribution in [3.05, 3.63) is 84.1 Å². The van der Waals surface area contributed by atoms with E-state index in [1.165, 1.54) is 11.3 Å². The summed E-state index contributed by atoms with van der Waals surface area (Å²) < 4.78 is 30.1. The van der Waals surface area contributed by atoms with Crippen molar-refractivity contribution in [1.29, 1.82) is 0 Å². The molecule has 0 aliphatic heterocycles. The van der Waals surface area contributed by atoms with Gasteiger partial charge in [-0.2, -0.15) is 0 Å². The highest BCUT2D eigenvalue weighted by Gasteiger charge is 2.19. The van der Waals surface area contributed by atoms with Gasteiger partial charge >= 0.3 is 0 Å². The average Bonchev–Trinajstić information content (AvgIpc) is 3.72. The normalized spacial score (nSPS) is 11.1. The number of para-hydroxylation sites is 1. The van der Waals surface area contributed by atoms with E-state index < -0.39 is 0 Å². The number of carbonyl (C=O) groups is 1. The van der Waals surface area contributed by atoms with Gasteiger partial charge in [0.05, 0.1) is 38.5 Å². The van der Waals surface area contributed by atoms with Crippen LogP contribution in [-0.4, -0.2) is 48.9 Å². The van der Waals surface area contributed by atoms with E-state index in [1.807, 2.05) is 54.6 Å². The number of hydrogen-bond acceptors (Lipinski definition) is 9. The van der Waals surface area contributed by atoms with Crippen LogP contribution in [0.4, 0.5) is 5.69 Å². The minimum absolute atomic E-state index is 0.172. The Bertz CT molecular complexity index is 1840. The van der Waals surface area contributed by atoms with Crippen molar-refractivity contribution >= 4 is 38.9 Å². The van der Waals surface area contributed by atoms with Gasteiger partial charge in [0.1, 0.15) is 35.1 Å². The van der Waals surface area contributed by atoms with E-state index in [9.17, 15) is 4.79 Å². The molecule has 3 aromatic carbocycles. The summed E-state index contributed by atoms with van der Waals surface area (Å²) in [7, 11) is 6.45. The van der Waals surface area contributed by atoms with Crippen molar-refractivity contribution in [3.63, 3.8) is 0 Å². The highest BCUT2D eigenvalue weighted by molar-refractivity contribution is 7.18. The lowest BCUT2D eigenvalue weighted by molar-refractivity contribution is 0.0990. The Labute approximate surface area is 239 Å². The molecule has 11 heteroatoms. The van der Waals surface area contributed by atoms with Gasteiger partial charge in [-0.25, -0.2) is 9.50 Å². The van der Waals surface area contributed by atoms with Crippen LogP contribution in [0.5, 0.6) is 22.4 Å². The van der Waals surface area contributed by atoms with Gasteiger partial charge in [-0.05, 0) is 47.2 Å². The zero-order valence-corrected chi connectivity index (χ0v) is 23.6. The number of methoxy groups -OCH3 is 3. The van der Waals surface area contributed by atoms with Gasteiger partial charge in [0.15, 0.2) is 5.76 Å². The number of amides is 1. The van der Waals surface area contributed by atoms with Crippen molar-refractivity contribution in [1.82, 2.24) is 14.6 Å². The van der Waals surface area contributed by atoms with E-state index >= 15 is 0 Å². The van der Waals surface area contributed by atoms with Crippen LogP contribution in [-0.2, 0) is 6.61 Å². The van der Waals surface area contributed by atoms with Gasteiger partial charge < -0.3 is 28.3 Å². The third-order valence-corrected chi connectivity index (χ3v) is 7.48. The van der Waals surface area contributed by atoms with Gasteiger partial charge in [-0.1, -0.05) is 24.3 Å². The zero-order chi connectivity index (χ0) is 28.5. The summed E-state index contributed by atoms with van der Waals surface area (Å²) in [5, 5.41) is 5.64. The fourth-order valence-corrected chi connectivity index (χ4v) is 5.16. The Kier molecular flexibility index (Phi) is 6.94. The minimum Gasteiger partial charge on any atom is -0.496 e. The molecule has 6 aromatic rings. The summed E-state index contributed by atoms with van der Waals surface area (Å²) in [5.41, 5.74) is 3.35. The summed E-state index contributed by atoms with van der Waals surface area (Å²) in [6.45, 7) is 0.261. The van der Waals surface area contributed by atoms with E-state index in [0.717, 1.165) is 16.6 Å². The molecule has 0 saturated carbocycles. The number of carbonyl (C=O) groups excluding carboxylic acids is 1. The molecule has 0 N–H and O–H groups in total. The first-order valence-electron chi connectivity index (χ1n) is 12.6. The van der Waals surface area contributed by atoms with E-state index in [0.29, 0.717) is 50.0 Å². The number of aromatic nitrogens is 3. The molecule has 41 heavy (non-hydrogen) atoms. The molecule has 0 aliphatic rings. The highest BCUT2D eigenvalue weighted by Crippen LogP contribution is 2.38. The lowest BCUT2D eigenvalue weighted by atomic mass is 10.1. The number of benzene rings is 3. The lowest BCUT2D eigenvalue weighted by Crippen LogP contribution is -2.26. The molecule has 1 amide bonds. The maximum Gasteiger partial charge on any atom is 0.294 e. The molecule has 0 saturated heterocycles. The van der Waals surface area contributed by atoms with Crippen molar-refractivity contribution in [2.45, 2.75) is 6.61 Å². The molecule has 208 valence electrons. The number of ether oxygens (including phenoxy) is 4. The van der Waals surface area contributed by atoms with Crippen molar-refractivity contribution in [2.24, 2.45) is 0 Å². The Balaban J connectivity index is 1.25. The van der Waals surface area contributed by atoms with Gasteiger partial charge in [0.25, 0.3) is 11.1 Å². The number of hydrogen-bond donors (Lipinski definition) is 0. The molecule has 0 spiro atoms. The molecule has 0 bridgehead atoms. The highest BCUT2D eigenvalue weighted by atomic mass is 32.1. The number of nitrogens with zero attached hydrogens (tertiary/aromatic N) is 4. The second-order valence-electron chi connectivity index (χ2n) is 9.10. The summed E-state index contributed by atoms with van der Waals surface area (Å²) in [6, 6.07) is 20.3. The van der Waals surface area contributed by atoms with Crippen molar-refractivity contribution in [3.8, 4) is 33.9 Å². The SMILES string of the molecule is COc1cc(OCc2cccc(N(C)C(=O)c3ccccc3OC)c2)c2cc(-c3cn4nc(OC)sc4n3)oc2c1. The van der Waals surface area contributed by atoms with Gasteiger partial charge in [-0.3, -0.25) is 4.79 Å². The average molecular weight is 571 g/mol. The summed E-state index contributed by atoms with van der Waals surface area (Å²) in [4.78, 5) is 20.1. The fraction of sp³-hybridized carbons (Fsp3) is 0.167. The van der Waals surface area contributed by atoms with Gasteiger partial charge in [0.2, 0.25) is 4.96 Å². The van der Waals surface area contributed by atoms with Crippen LogP contribution >= 0.6 is 11.3 Å². The number of furan rings is 1. The molecule has 0 aliphatic carbocycles. The molecular weight excluding hydrogens is 544 g/mol. The van der Waals surface area contributed by atoms with E-state index in [4.69, 9.17) is 23.4 Å². The predicted molar refractivity (Wildman–Crippen MR) is 156 cm³/mol. The standard InChI is InChI=1S/C30H26N4O6S/c1-33(28(35)21-10-5-6-11-24(21)37-3)19-9-7-8-18(12-19)17-39-25-13-20(36-2)14-26-22(25)15-27(40-26)23-16-34-29(31-23)41-30(32-34)38-4/h5-16H,17H2,1-4H3. The van der Waals surface area contributed by atoms with E-state index in [1.54, 1.807) is 56.1 Å². The Hall–Kier alpha value is -5.03. The maximum absolute atomic E-state index is 13.2.